The van der Waals surface area contributed by atoms with Gasteiger partial charge in [-0.2, -0.15) is 6.82 Å². The van der Waals surface area contributed by atoms with Gasteiger partial charge in [-0.25, -0.2) is 65.9 Å². The number of thioether (sulfide) groups is 2. The Hall–Kier alpha value is -2.39. The van der Waals surface area contributed by atoms with E-state index < -0.39 is 110 Å². The molecule has 0 radical (unpaired) electrons. The number of halogens is 21. The molecule has 1 saturated carbocycles. The van der Waals surface area contributed by atoms with Crippen molar-refractivity contribution in [1.82, 2.24) is 0 Å². The number of rotatable bonds is 7. The SMILES string of the molecule is C1CCOC1.C1CCOC1.CC(C)(C)c1cc(S[C@@H]2CCCC[C@H]2Sc2cc(C(C)(C)C)cc(C(C)(C)C)c2[O-])c([O-])c(C(C)(C)C)c1.C[B-](c1c(F)c(F)c(F)c(F)c1F)(c1c(F)c(F)c(F)c(F)c1F)c1c(F)c(F)c(F)c(F)c1F.ClCCl.ClCCl.ClCCl.[Al+3]. The summed E-state index contributed by atoms with van der Waals surface area (Å²) in [6.07, 6.45) is 4.20. The Labute approximate surface area is 585 Å². The molecule has 2 heterocycles. The van der Waals surface area contributed by atoms with Crippen LogP contribution in [0.5, 0.6) is 11.5 Å². The molecule has 2 saturated heterocycles. The van der Waals surface area contributed by atoms with E-state index in [9.17, 15) is 76.1 Å². The van der Waals surface area contributed by atoms with Crippen LogP contribution >= 0.6 is 93.1 Å². The van der Waals surface area contributed by atoms with Crippen LogP contribution < -0.4 is 26.6 Å². The predicted molar refractivity (Wildman–Crippen MR) is 349 cm³/mol. The summed E-state index contributed by atoms with van der Waals surface area (Å²) in [5.41, 5.74) is -4.11. The maximum atomic E-state index is 14.6. The average Bonchev–Trinajstić information content (AvgIpc) is 0.895. The van der Waals surface area contributed by atoms with Gasteiger partial charge in [0.2, 0.25) is 0 Å². The molecule has 5 aromatic rings. The molecule has 0 bridgehead atoms. The second kappa shape index (κ2) is 38.8. The summed E-state index contributed by atoms with van der Waals surface area (Å²) in [4.78, 5) is 1.75. The molecule has 0 N–H and O–H groups in total. The van der Waals surface area contributed by atoms with Crippen LogP contribution in [-0.4, -0.2) is 76.5 Å². The summed E-state index contributed by atoms with van der Waals surface area (Å²) in [7, 11) is 0. The monoisotopic (exact) mass is 1500 g/mol. The molecule has 93 heavy (non-hydrogen) atoms. The van der Waals surface area contributed by atoms with Crippen LogP contribution in [0.25, 0.3) is 0 Å². The molecule has 5 aromatic carbocycles. The fraction of sp³-hybridized carbons (Fsp3) is 0.531. The minimum absolute atomic E-state index is 0. The van der Waals surface area contributed by atoms with E-state index in [0.29, 0.717) is 10.5 Å². The van der Waals surface area contributed by atoms with Crippen LogP contribution in [0.2, 0.25) is 6.82 Å². The first-order chi connectivity index (χ1) is 42.5. The molecule has 3 fully saturated rings. The average molecular weight is 1510 g/mol. The molecule has 3 aliphatic rings. The van der Waals surface area contributed by atoms with Crippen molar-refractivity contribution >= 4 is 133 Å². The quantitative estimate of drug-likeness (QED) is 0.0532. The number of hydrogen-bond donors (Lipinski definition) is 0. The topological polar surface area (TPSA) is 64.6 Å². The van der Waals surface area contributed by atoms with E-state index in [2.05, 4.69) is 107 Å². The maximum Gasteiger partial charge on any atom is 3.00 e. The Morgan fingerprint density at radius 2 is 0.581 bits per heavy atom. The second-order valence-electron chi connectivity index (χ2n) is 25.5. The number of benzene rings is 5. The van der Waals surface area contributed by atoms with Crippen molar-refractivity contribution in [1.29, 1.82) is 0 Å². The van der Waals surface area contributed by atoms with Gasteiger partial charge in [-0.15, -0.1) is 110 Å². The summed E-state index contributed by atoms with van der Waals surface area (Å²) >= 11 is 32.1. The third-order valence-electron chi connectivity index (χ3n) is 14.8. The number of ether oxygens (including phenoxy) is 2. The van der Waals surface area contributed by atoms with Gasteiger partial charge in [-0.05, 0) is 94.6 Å². The zero-order valence-corrected chi connectivity index (χ0v) is 60.9. The van der Waals surface area contributed by atoms with Crippen molar-refractivity contribution in [3.05, 3.63) is 134 Å². The summed E-state index contributed by atoms with van der Waals surface area (Å²) in [5.74, 6) is -44.7. The molecule has 0 amide bonds. The zero-order valence-electron chi connectivity index (χ0n) is 53.6. The molecule has 4 nitrogen and oxygen atoms in total. The molecular weight excluding hydrogens is 1430 g/mol. The zero-order chi connectivity index (χ0) is 70.9. The number of alkyl halides is 6. The molecule has 8 rings (SSSR count). The van der Waals surface area contributed by atoms with E-state index in [-0.39, 0.29) is 73.4 Å². The van der Waals surface area contributed by atoms with Gasteiger partial charge in [-0.1, -0.05) is 120 Å². The van der Waals surface area contributed by atoms with E-state index in [0.717, 1.165) is 60.2 Å². The third-order valence-corrected chi connectivity index (χ3v) is 17.8. The van der Waals surface area contributed by atoms with Gasteiger partial charge in [0, 0.05) is 46.7 Å². The molecular formula is C64H75AlBCl6F15O4S2. The predicted octanol–water partition coefficient (Wildman–Crippen LogP) is 19.6. The van der Waals surface area contributed by atoms with Crippen molar-refractivity contribution in [3.63, 3.8) is 0 Å². The van der Waals surface area contributed by atoms with Crippen molar-refractivity contribution in [2.24, 2.45) is 0 Å². The standard InChI is InChI=1S/C34H52O2S2.C19H3BF15.2C4H8O.3CH2Cl2.Al/c1-31(2,3)21-17-23(33(7,8)9)29(35)27(19-21)37-25-15-13-14-16-26(25)38-28-20-22(32(4,5)6)18-24(30(28)36)34(10,11)12;1-20(2-5(21)11(27)17(33)12(28)6(2)22,3-7(23)13(29)18(34)14(30)8(3)24)4-9(25)15(31)19(35)16(32)10(4)26;2*1-2-4-5-3-1;3*2-1-3;/h17-20,25-26,35-36H,13-16H2,1-12H3;1H3;2*1-4H2;3*1H2;/q;-1;;;;;;+3/p-2/t25-,26-;;;;;;;/m1......./s1. The Kier molecular flexibility index (Phi) is 37.0. The van der Waals surface area contributed by atoms with Crippen molar-refractivity contribution in [2.45, 2.75) is 183 Å². The van der Waals surface area contributed by atoms with E-state index in [4.69, 9.17) is 79.1 Å². The Balaban J connectivity index is 0.000000719. The maximum absolute atomic E-state index is 14.6. The minimum Gasteiger partial charge on any atom is -0.871 e. The molecule has 0 aromatic heterocycles. The Bertz CT molecular complexity index is 2880. The summed E-state index contributed by atoms with van der Waals surface area (Å²) < 4.78 is 221. The molecule has 2 atom stereocenters. The van der Waals surface area contributed by atoms with Crippen molar-refractivity contribution < 1.29 is 85.5 Å². The van der Waals surface area contributed by atoms with Gasteiger partial charge in [0.15, 0.2) is 52.4 Å². The first-order valence-electron chi connectivity index (χ1n) is 28.8. The van der Waals surface area contributed by atoms with Gasteiger partial charge < -0.3 is 19.7 Å². The molecule has 29 heteroatoms. The van der Waals surface area contributed by atoms with Gasteiger partial charge >= 0.3 is 17.4 Å². The first kappa shape index (κ1) is 88.6. The van der Waals surface area contributed by atoms with E-state index >= 15 is 0 Å². The normalized spacial score (nSPS) is 15.7. The molecule has 520 valence electrons. The van der Waals surface area contributed by atoms with Gasteiger partial charge in [-0.3, -0.25) is 0 Å². The Morgan fingerprint density at radius 3 is 0.753 bits per heavy atom. The van der Waals surface area contributed by atoms with E-state index in [1.807, 2.05) is 0 Å². The second-order valence-corrected chi connectivity index (χ2v) is 30.5. The smallest absolute Gasteiger partial charge is 0.871 e. The Morgan fingerprint density at radius 1 is 0.376 bits per heavy atom. The molecule has 1 aliphatic carbocycles. The van der Waals surface area contributed by atoms with Gasteiger partial charge in [0.1, 0.15) is 41.0 Å². The first-order valence-corrected chi connectivity index (χ1v) is 33.7. The van der Waals surface area contributed by atoms with Crippen LogP contribution in [0.3, 0.4) is 0 Å². The largest absolute Gasteiger partial charge is 3.00 e. The van der Waals surface area contributed by atoms with E-state index in [1.165, 1.54) is 49.7 Å². The van der Waals surface area contributed by atoms with Crippen LogP contribution in [-0.2, 0) is 31.1 Å². The van der Waals surface area contributed by atoms with Crippen LogP contribution in [0.1, 0.15) is 157 Å². The summed E-state index contributed by atoms with van der Waals surface area (Å²) in [6.45, 7) is 29.9. The molecule has 2 aliphatic heterocycles. The fourth-order valence-corrected chi connectivity index (χ4v) is 12.8. The fourth-order valence-electron chi connectivity index (χ4n) is 9.86. The summed E-state index contributed by atoms with van der Waals surface area (Å²) in [5, 5.41) is 28.6. The van der Waals surface area contributed by atoms with Crippen molar-refractivity contribution in [3.8, 4) is 11.5 Å². The summed E-state index contributed by atoms with van der Waals surface area (Å²) in [6, 6.07) is 8.56. The van der Waals surface area contributed by atoms with Crippen LogP contribution in [0.4, 0.5) is 65.9 Å². The molecule has 0 spiro atoms. The third kappa shape index (κ3) is 23.1. The van der Waals surface area contributed by atoms with E-state index in [1.54, 1.807) is 23.5 Å². The molecule has 0 unspecified atom stereocenters. The van der Waals surface area contributed by atoms with Gasteiger partial charge in [0.05, 0.1) is 16.0 Å². The number of hydrogen-bond acceptors (Lipinski definition) is 6. The van der Waals surface area contributed by atoms with Crippen LogP contribution in [0.15, 0.2) is 34.1 Å². The minimum atomic E-state index is -5.41. The van der Waals surface area contributed by atoms with Gasteiger partial charge in [0.25, 0.3) is 0 Å². The van der Waals surface area contributed by atoms with Crippen LogP contribution in [0, 0.1) is 87.3 Å². The van der Waals surface area contributed by atoms with Crippen molar-refractivity contribution in [2.75, 3.05) is 42.4 Å².